The van der Waals surface area contributed by atoms with Crippen molar-refractivity contribution in [2.45, 2.75) is 39.2 Å². The molecule has 25 heavy (non-hydrogen) atoms. The summed E-state index contributed by atoms with van der Waals surface area (Å²) in [6, 6.07) is 12.7. The maximum atomic E-state index is 4.62. The van der Waals surface area contributed by atoms with Crippen LogP contribution in [0.4, 0.5) is 0 Å². The van der Waals surface area contributed by atoms with Crippen molar-refractivity contribution in [1.29, 1.82) is 0 Å². The summed E-state index contributed by atoms with van der Waals surface area (Å²) >= 11 is 0. The van der Waals surface area contributed by atoms with Crippen LogP contribution in [0.2, 0.25) is 0 Å². The van der Waals surface area contributed by atoms with Crippen LogP contribution in [0.1, 0.15) is 37.4 Å². The number of hydrogen-bond donors (Lipinski definition) is 2. The zero-order chi connectivity index (χ0) is 17.0. The van der Waals surface area contributed by atoms with Crippen LogP contribution >= 0.6 is 24.0 Å². The molecule has 2 N–H and O–H groups in total. The largest absolute Gasteiger partial charge is 0.357 e. The van der Waals surface area contributed by atoms with Crippen LogP contribution in [0.5, 0.6) is 0 Å². The Hall–Kier alpha value is -1.57. The maximum Gasteiger partial charge on any atom is 0.191 e. The molecular weight excluding hydrogens is 425 g/mol. The Labute approximate surface area is 168 Å². The number of aliphatic imine (C=N–C) groups is 1. The summed E-state index contributed by atoms with van der Waals surface area (Å²) in [5.41, 5.74) is 2.53. The van der Waals surface area contributed by atoms with Crippen LogP contribution in [0, 0.1) is 0 Å². The molecule has 0 radical (unpaired) electrons. The van der Waals surface area contributed by atoms with Crippen molar-refractivity contribution in [3.05, 3.63) is 53.9 Å². The number of halogens is 1. The number of hydrogen-bond acceptors (Lipinski definition) is 2. The van der Waals surface area contributed by atoms with Gasteiger partial charge in [-0.3, -0.25) is 4.68 Å². The third-order valence-corrected chi connectivity index (χ3v) is 3.94. The molecule has 1 aromatic carbocycles. The highest BCUT2D eigenvalue weighted by Gasteiger charge is 2.00. The highest BCUT2D eigenvalue weighted by molar-refractivity contribution is 14.0. The van der Waals surface area contributed by atoms with Crippen molar-refractivity contribution >= 4 is 29.9 Å². The third-order valence-electron chi connectivity index (χ3n) is 3.94. The summed E-state index contributed by atoms with van der Waals surface area (Å²) in [6.07, 6.45) is 6.58. The Kier molecular flexibility index (Phi) is 10.9. The van der Waals surface area contributed by atoms with Crippen LogP contribution in [-0.2, 0) is 20.0 Å². The van der Waals surface area contributed by atoms with E-state index in [-0.39, 0.29) is 24.0 Å². The van der Waals surface area contributed by atoms with Gasteiger partial charge in [-0.25, -0.2) is 4.99 Å². The SMILES string of the molecule is CCNC(=NCc1ccnn1C)NCCCCCc1ccccc1.I. The van der Waals surface area contributed by atoms with Crippen LogP contribution in [0.25, 0.3) is 0 Å². The predicted molar refractivity (Wildman–Crippen MR) is 115 cm³/mol. The molecular formula is C19H30IN5. The summed E-state index contributed by atoms with van der Waals surface area (Å²) in [6.45, 7) is 4.54. The quantitative estimate of drug-likeness (QED) is 0.264. The van der Waals surface area contributed by atoms with Crippen molar-refractivity contribution < 1.29 is 0 Å². The number of nitrogens with zero attached hydrogens (tertiary/aromatic N) is 3. The fourth-order valence-electron chi connectivity index (χ4n) is 2.54. The molecule has 0 saturated heterocycles. The van der Waals surface area contributed by atoms with Crippen molar-refractivity contribution in [3.63, 3.8) is 0 Å². The molecule has 0 unspecified atom stereocenters. The first kappa shape index (κ1) is 21.5. The lowest BCUT2D eigenvalue weighted by molar-refractivity contribution is 0.654. The number of aromatic nitrogens is 2. The molecule has 0 aliphatic carbocycles. The lowest BCUT2D eigenvalue weighted by atomic mass is 10.1. The molecule has 0 spiro atoms. The standard InChI is InChI=1S/C19H29N5.HI/c1-3-20-19(22-16-18-13-15-23-24(18)2)21-14-9-5-8-12-17-10-6-4-7-11-17;/h4,6-7,10-11,13,15H,3,5,8-9,12,14,16H2,1-2H3,(H2,20,21,22);1H. The second-order valence-corrected chi connectivity index (χ2v) is 5.86. The number of benzene rings is 1. The fourth-order valence-corrected chi connectivity index (χ4v) is 2.54. The first-order chi connectivity index (χ1) is 11.8. The minimum absolute atomic E-state index is 0. The minimum Gasteiger partial charge on any atom is -0.357 e. The summed E-state index contributed by atoms with van der Waals surface area (Å²) in [4.78, 5) is 4.62. The van der Waals surface area contributed by atoms with E-state index in [1.54, 1.807) is 6.20 Å². The topological polar surface area (TPSA) is 54.2 Å². The van der Waals surface area contributed by atoms with Gasteiger partial charge in [0.05, 0.1) is 12.2 Å². The van der Waals surface area contributed by atoms with E-state index >= 15 is 0 Å². The van der Waals surface area contributed by atoms with Crippen molar-refractivity contribution in [2.75, 3.05) is 13.1 Å². The smallest absolute Gasteiger partial charge is 0.191 e. The molecule has 5 nitrogen and oxygen atoms in total. The van der Waals surface area contributed by atoms with E-state index in [9.17, 15) is 0 Å². The van der Waals surface area contributed by atoms with E-state index < -0.39 is 0 Å². The van der Waals surface area contributed by atoms with E-state index in [1.165, 1.54) is 18.4 Å². The summed E-state index contributed by atoms with van der Waals surface area (Å²) < 4.78 is 1.86. The van der Waals surface area contributed by atoms with Crippen LogP contribution in [0.15, 0.2) is 47.6 Å². The van der Waals surface area contributed by atoms with Gasteiger partial charge >= 0.3 is 0 Å². The molecule has 0 aliphatic heterocycles. The summed E-state index contributed by atoms with van der Waals surface area (Å²) in [5.74, 6) is 0.877. The van der Waals surface area contributed by atoms with E-state index in [0.29, 0.717) is 6.54 Å². The first-order valence-electron chi connectivity index (χ1n) is 8.82. The summed E-state index contributed by atoms with van der Waals surface area (Å²) in [7, 11) is 1.94. The van der Waals surface area contributed by atoms with Crippen molar-refractivity contribution in [1.82, 2.24) is 20.4 Å². The highest BCUT2D eigenvalue weighted by Crippen LogP contribution is 2.05. The van der Waals surface area contributed by atoms with Gasteiger partial charge in [0.15, 0.2) is 5.96 Å². The Morgan fingerprint density at radius 1 is 1.08 bits per heavy atom. The number of rotatable bonds is 9. The van der Waals surface area contributed by atoms with Crippen molar-refractivity contribution in [3.8, 4) is 0 Å². The second-order valence-electron chi connectivity index (χ2n) is 5.86. The fraction of sp³-hybridized carbons (Fsp3) is 0.474. The zero-order valence-electron chi connectivity index (χ0n) is 15.2. The zero-order valence-corrected chi connectivity index (χ0v) is 17.6. The van der Waals surface area contributed by atoms with E-state index in [2.05, 4.69) is 58.0 Å². The maximum absolute atomic E-state index is 4.62. The second kappa shape index (κ2) is 12.7. The van der Waals surface area contributed by atoms with Gasteiger partial charge in [-0.1, -0.05) is 36.8 Å². The minimum atomic E-state index is 0. The van der Waals surface area contributed by atoms with Gasteiger partial charge in [-0.05, 0) is 37.8 Å². The molecule has 0 fully saturated rings. The van der Waals surface area contributed by atoms with E-state index in [1.807, 2.05) is 17.8 Å². The Morgan fingerprint density at radius 2 is 1.88 bits per heavy atom. The van der Waals surface area contributed by atoms with Crippen LogP contribution < -0.4 is 10.6 Å². The molecule has 2 rings (SSSR count). The van der Waals surface area contributed by atoms with Gasteiger partial charge in [0, 0.05) is 26.3 Å². The van der Waals surface area contributed by atoms with Gasteiger partial charge in [0.25, 0.3) is 0 Å². The van der Waals surface area contributed by atoms with E-state index in [0.717, 1.165) is 37.6 Å². The molecule has 0 amide bonds. The Morgan fingerprint density at radius 3 is 2.56 bits per heavy atom. The monoisotopic (exact) mass is 455 g/mol. The van der Waals surface area contributed by atoms with Crippen LogP contribution in [-0.4, -0.2) is 28.8 Å². The van der Waals surface area contributed by atoms with Crippen molar-refractivity contribution in [2.24, 2.45) is 12.0 Å². The van der Waals surface area contributed by atoms with Gasteiger partial charge in [0.2, 0.25) is 0 Å². The molecule has 0 atom stereocenters. The molecule has 6 heteroatoms. The van der Waals surface area contributed by atoms with Gasteiger partial charge in [0.1, 0.15) is 0 Å². The van der Waals surface area contributed by atoms with Crippen LogP contribution in [0.3, 0.4) is 0 Å². The van der Waals surface area contributed by atoms with Gasteiger partial charge in [-0.2, -0.15) is 5.10 Å². The Bertz CT molecular complexity index is 609. The molecule has 138 valence electrons. The average molecular weight is 455 g/mol. The number of aryl methyl sites for hydroxylation is 2. The number of unbranched alkanes of at least 4 members (excludes halogenated alkanes) is 2. The molecule has 2 aromatic rings. The van der Waals surface area contributed by atoms with Gasteiger partial charge < -0.3 is 10.6 Å². The molecule has 1 aromatic heterocycles. The first-order valence-corrected chi connectivity index (χ1v) is 8.82. The lowest BCUT2D eigenvalue weighted by Gasteiger charge is -2.11. The summed E-state index contributed by atoms with van der Waals surface area (Å²) in [5, 5.41) is 10.9. The molecule has 0 bridgehead atoms. The molecule has 0 saturated carbocycles. The average Bonchev–Trinajstić information content (AvgIpc) is 3.01. The molecule has 1 heterocycles. The number of nitrogens with one attached hydrogen (secondary N) is 2. The van der Waals surface area contributed by atoms with Gasteiger partial charge in [-0.15, -0.1) is 24.0 Å². The molecule has 0 aliphatic rings. The van der Waals surface area contributed by atoms with E-state index in [4.69, 9.17) is 0 Å². The Balaban J connectivity index is 0.00000312. The predicted octanol–water partition coefficient (Wildman–Crippen LogP) is 3.51. The third kappa shape index (κ3) is 8.38. The number of guanidine groups is 1. The normalized spacial score (nSPS) is 11.0. The lowest BCUT2D eigenvalue weighted by Crippen LogP contribution is -2.37. The highest BCUT2D eigenvalue weighted by atomic mass is 127.